The largest absolute Gasteiger partial charge is 0.449 e. The third-order valence-corrected chi connectivity index (χ3v) is 5.53. The number of alkyl carbamates (subject to hydrolysis) is 2. The zero-order valence-corrected chi connectivity index (χ0v) is 19.6. The third kappa shape index (κ3) is 6.96. The molecule has 3 rings (SSSR count). The van der Waals surface area contributed by atoms with Gasteiger partial charge in [-0.15, -0.1) is 0 Å². The number of hydrogen-bond acceptors (Lipinski definition) is 5. The van der Waals surface area contributed by atoms with Crippen molar-refractivity contribution < 1.29 is 24.2 Å². The van der Waals surface area contributed by atoms with Gasteiger partial charge in [0.1, 0.15) is 12.2 Å². The molecule has 0 saturated carbocycles. The molecule has 178 valence electrons. The molecule has 0 heterocycles. The lowest BCUT2D eigenvalue weighted by Crippen LogP contribution is -2.38. The van der Waals surface area contributed by atoms with E-state index in [0.717, 1.165) is 17.5 Å². The Morgan fingerprint density at radius 2 is 1.58 bits per heavy atom. The Morgan fingerprint density at radius 1 is 0.970 bits per heavy atom. The van der Waals surface area contributed by atoms with Gasteiger partial charge < -0.3 is 25.2 Å². The quantitative estimate of drug-likeness (QED) is 0.482. The predicted octanol–water partition coefficient (Wildman–Crippen LogP) is 4.58. The van der Waals surface area contributed by atoms with E-state index < -0.39 is 23.8 Å². The summed E-state index contributed by atoms with van der Waals surface area (Å²) in [5, 5.41) is 15.1. The number of benzene rings is 2. The van der Waals surface area contributed by atoms with Crippen LogP contribution in [0.15, 0.2) is 48.5 Å². The van der Waals surface area contributed by atoms with Crippen molar-refractivity contribution in [3.05, 3.63) is 59.7 Å². The summed E-state index contributed by atoms with van der Waals surface area (Å²) in [4.78, 5) is 24.0. The Balaban J connectivity index is 1.41. The molecule has 0 spiro atoms. The van der Waals surface area contributed by atoms with E-state index in [0.29, 0.717) is 19.4 Å². The standard InChI is InChI=1S/C26H34N2O5/c1-26(2,3)33-24(30)27-15-9-8-10-18(16-29)28-25(31)32-17-23-21-13-6-4-11-19(21)20-12-5-7-14-22(20)23/h4-7,11-14,18,23,29H,8-10,15-17H2,1-3H3,(H,27,30)(H,28,31)/t18-/m1/s1. The predicted molar refractivity (Wildman–Crippen MR) is 127 cm³/mol. The molecule has 2 amide bonds. The fourth-order valence-electron chi connectivity index (χ4n) is 4.04. The van der Waals surface area contributed by atoms with Gasteiger partial charge in [-0.2, -0.15) is 0 Å². The molecule has 0 aromatic heterocycles. The van der Waals surface area contributed by atoms with Gasteiger partial charge in [-0.1, -0.05) is 48.5 Å². The summed E-state index contributed by atoms with van der Waals surface area (Å²) >= 11 is 0. The fourth-order valence-corrected chi connectivity index (χ4v) is 4.04. The number of nitrogens with one attached hydrogen (secondary N) is 2. The maximum absolute atomic E-state index is 12.4. The Kier molecular flexibility index (Phi) is 8.33. The average Bonchev–Trinajstić information content (AvgIpc) is 3.09. The van der Waals surface area contributed by atoms with Gasteiger partial charge >= 0.3 is 12.2 Å². The normalized spacial score (nSPS) is 13.6. The molecule has 1 atom stereocenters. The maximum atomic E-state index is 12.4. The van der Waals surface area contributed by atoms with Crippen LogP contribution in [-0.4, -0.2) is 48.7 Å². The van der Waals surface area contributed by atoms with Gasteiger partial charge in [0.05, 0.1) is 12.6 Å². The molecule has 3 N–H and O–H groups in total. The number of unbranched alkanes of at least 4 members (excludes halogenated alkanes) is 1. The first-order valence-corrected chi connectivity index (χ1v) is 11.5. The minimum atomic E-state index is -0.539. The molecule has 1 aliphatic rings. The molecular formula is C26H34N2O5. The molecule has 2 aromatic carbocycles. The number of carbonyl (C=O) groups excluding carboxylic acids is 2. The van der Waals surface area contributed by atoms with Crippen molar-refractivity contribution >= 4 is 12.2 Å². The SMILES string of the molecule is CC(C)(C)OC(=O)NCCCC[C@H](CO)NC(=O)OCC1c2ccccc2-c2ccccc21. The Labute approximate surface area is 195 Å². The number of fused-ring (bicyclic) bond motifs is 3. The molecular weight excluding hydrogens is 420 g/mol. The van der Waals surface area contributed by atoms with Crippen LogP contribution in [-0.2, 0) is 9.47 Å². The van der Waals surface area contributed by atoms with E-state index in [1.54, 1.807) is 0 Å². The molecule has 0 unspecified atom stereocenters. The second-order valence-corrected chi connectivity index (χ2v) is 9.27. The highest BCUT2D eigenvalue weighted by atomic mass is 16.6. The molecule has 0 radical (unpaired) electrons. The van der Waals surface area contributed by atoms with Gasteiger partial charge in [0.2, 0.25) is 0 Å². The van der Waals surface area contributed by atoms with E-state index in [2.05, 4.69) is 34.9 Å². The summed E-state index contributed by atoms with van der Waals surface area (Å²) in [6, 6.07) is 15.9. The van der Waals surface area contributed by atoms with Crippen LogP contribution in [0.4, 0.5) is 9.59 Å². The van der Waals surface area contributed by atoms with Gasteiger partial charge in [-0.25, -0.2) is 9.59 Å². The first kappa shape index (κ1) is 24.6. The maximum Gasteiger partial charge on any atom is 0.407 e. The molecule has 1 aliphatic carbocycles. The van der Waals surface area contributed by atoms with Crippen molar-refractivity contribution in [2.75, 3.05) is 19.8 Å². The summed E-state index contributed by atoms with van der Waals surface area (Å²) < 4.78 is 10.7. The number of hydrogen-bond donors (Lipinski definition) is 3. The molecule has 33 heavy (non-hydrogen) atoms. The van der Waals surface area contributed by atoms with Crippen LogP contribution in [0.2, 0.25) is 0 Å². The summed E-state index contributed by atoms with van der Waals surface area (Å²) in [5.74, 6) is -0.00495. The van der Waals surface area contributed by atoms with Crippen molar-refractivity contribution in [1.29, 1.82) is 0 Å². The van der Waals surface area contributed by atoms with Crippen LogP contribution in [0.1, 0.15) is 57.1 Å². The molecule has 0 bridgehead atoms. The van der Waals surface area contributed by atoms with Crippen molar-refractivity contribution in [1.82, 2.24) is 10.6 Å². The number of aliphatic hydroxyl groups is 1. The van der Waals surface area contributed by atoms with Gasteiger partial charge in [0, 0.05) is 12.5 Å². The van der Waals surface area contributed by atoms with Gasteiger partial charge in [-0.05, 0) is 62.3 Å². The molecule has 2 aromatic rings. The van der Waals surface area contributed by atoms with Crippen LogP contribution in [0.25, 0.3) is 11.1 Å². The first-order valence-electron chi connectivity index (χ1n) is 11.5. The van der Waals surface area contributed by atoms with E-state index in [1.807, 2.05) is 45.0 Å². The number of aliphatic hydroxyl groups excluding tert-OH is 1. The molecule has 0 fully saturated rings. The van der Waals surface area contributed by atoms with E-state index in [9.17, 15) is 14.7 Å². The molecule has 7 nitrogen and oxygen atoms in total. The highest BCUT2D eigenvalue weighted by Gasteiger charge is 2.29. The molecule has 0 saturated heterocycles. The van der Waals surface area contributed by atoms with Gasteiger partial charge in [-0.3, -0.25) is 0 Å². The minimum absolute atomic E-state index is 0.00495. The highest BCUT2D eigenvalue weighted by molar-refractivity contribution is 5.79. The van der Waals surface area contributed by atoms with Crippen LogP contribution in [0.5, 0.6) is 0 Å². The zero-order chi connectivity index (χ0) is 23.8. The second-order valence-electron chi connectivity index (χ2n) is 9.27. The zero-order valence-electron chi connectivity index (χ0n) is 19.6. The summed E-state index contributed by atoms with van der Waals surface area (Å²) in [6.07, 6.45) is 1.03. The van der Waals surface area contributed by atoms with E-state index in [-0.39, 0.29) is 19.1 Å². The van der Waals surface area contributed by atoms with Crippen LogP contribution >= 0.6 is 0 Å². The molecule has 7 heteroatoms. The Morgan fingerprint density at radius 3 is 2.15 bits per heavy atom. The van der Waals surface area contributed by atoms with Crippen molar-refractivity contribution in [3.8, 4) is 11.1 Å². The van der Waals surface area contributed by atoms with Gasteiger partial charge in [0.15, 0.2) is 0 Å². The summed E-state index contributed by atoms with van der Waals surface area (Å²) in [7, 11) is 0. The molecule has 0 aliphatic heterocycles. The van der Waals surface area contributed by atoms with Crippen LogP contribution < -0.4 is 10.6 Å². The minimum Gasteiger partial charge on any atom is -0.449 e. The number of rotatable bonds is 9. The number of carbonyl (C=O) groups is 2. The van der Waals surface area contributed by atoms with Gasteiger partial charge in [0.25, 0.3) is 0 Å². The van der Waals surface area contributed by atoms with Crippen molar-refractivity contribution in [2.45, 2.75) is 57.6 Å². The Hall–Kier alpha value is -3.06. The smallest absolute Gasteiger partial charge is 0.407 e. The number of amides is 2. The first-order chi connectivity index (χ1) is 15.8. The fraction of sp³-hybridized carbons (Fsp3) is 0.462. The summed E-state index contributed by atoms with van der Waals surface area (Å²) in [5.41, 5.74) is 4.13. The second kappa shape index (κ2) is 11.2. The van der Waals surface area contributed by atoms with Crippen LogP contribution in [0, 0.1) is 0 Å². The van der Waals surface area contributed by atoms with Crippen molar-refractivity contribution in [3.63, 3.8) is 0 Å². The lowest BCUT2D eigenvalue weighted by molar-refractivity contribution is 0.0526. The van der Waals surface area contributed by atoms with Crippen LogP contribution in [0.3, 0.4) is 0 Å². The summed E-state index contributed by atoms with van der Waals surface area (Å²) in [6.45, 7) is 5.97. The van der Waals surface area contributed by atoms with E-state index >= 15 is 0 Å². The highest BCUT2D eigenvalue weighted by Crippen LogP contribution is 2.44. The monoisotopic (exact) mass is 454 g/mol. The third-order valence-electron chi connectivity index (χ3n) is 5.53. The number of ether oxygens (including phenoxy) is 2. The lowest BCUT2D eigenvalue weighted by Gasteiger charge is -2.20. The topological polar surface area (TPSA) is 96.9 Å². The lowest BCUT2D eigenvalue weighted by atomic mass is 9.98. The van der Waals surface area contributed by atoms with E-state index in [4.69, 9.17) is 9.47 Å². The van der Waals surface area contributed by atoms with Crippen molar-refractivity contribution in [2.24, 2.45) is 0 Å². The Bertz CT molecular complexity index is 908. The van der Waals surface area contributed by atoms with E-state index in [1.165, 1.54) is 11.1 Å². The average molecular weight is 455 g/mol.